The Hall–Kier alpha value is -2.15. The molecule has 0 radical (unpaired) electrons. The first-order valence-electron chi connectivity index (χ1n) is 7.01. The molecule has 1 atom stereocenters. The quantitative estimate of drug-likeness (QED) is 0.608. The summed E-state index contributed by atoms with van der Waals surface area (Å²) in [4.78, 5) is 17.3. The van der Waals surface area contributed by atoms with Crippen LogP contribution < -0.4 is 0 Å². The van der Waals surface area contributed by atoms with Crippen LogP contribution in [0.15, 0.2) is 33.5 Å². The molecule has 7 nitrogen and oxygen atoms in total. The Bertz CT molecular complexity index is 559. The summed E-state index contributed by atoms with van der Waals surface area (Å²) >= 11 is 0. The summed E-state index contributed by atoms with van der Waals surface area (Å²) in [6, 6.07) is 3.39. The molecule has 1 fully saturated rings. The van der Waals surface area contributed by atoms with Gasteiger partial charge in [0.05, 0.1) is 30.4 Å². The van der Waals surface area contributed by atoms with Crippen molar-refractivity contribution in [2.24, 2.45) is 10.9 Å². The van der Waals surface area contributed by atoms with Crippen LogP contribution in [0.4, 0.5) is 0 Å². The van der Waals surface area contributed by atoms with Crippen LogP contribution >= 0.6 is 0 Å². The third kappa shape index (κ3) is 3.13. The van der Waals surface area contributed by atoms with Crippen molar-refractivity contribution >= 4 is 11.9 Å². The molecule has 0 amide bonds. The zero-order chi connectivity index (χ0) is 14.7. The van der Waals surface area contributed by atoms with E-state index in [2.05, 4.69) is 4.99 Å². The first-order valence-corrected chi connectivity index (χ1v) is 7.01. The van der Waals surface area contributed by atoms with Crippen molar-refractivity contribution < 1.29 is 14.1 Å². The van der Waals surface area contributed by atoms with Crippen LogP contribution in [-0.2, 0) is 4.74 Å². The summed E-state index contributed by atoms with van der Waals surface area (Å²) in [6.45, 7) is 3.55. The normalized spacial score (nSPS) is 22.7. The SMILES string of the molecule is O=[N+]([O-])/C(=C\c1ccco1)C1=NCCN1CC1CCOC1. The zero-order valence-corrected chi connectivity index (χ0v) is 11.6. The van der Waals surface area contributed by atoms with E-state index in [-0.39, 0.29) is 5.70 Å². The van der Waals surface area contributed by atoms with Gasteiger partial charge in [0.2, 0.25) is 5.84 Å². The predicted octanol–water partition coefficient (Wildman–Crippen LogP) is 1.65. The fourth-order valence-electron chi connectivity index (χ4n) is 2.65. The van der Waals surface area contributed by atoms with Gasteiger partial charge in [0.1, 0.15) is 5.76 Å². The Labute approximate surface area is 122 Å². The third-order valence-corrected chi connectivity index (χ3v) is 3.68. The summed E-state index contributed by atoms with van der Waals surface area (Å²) < 4.78 is 10.5. The topological polar surface area (TPSA) is 81.1 Å². The van der Waals surface area contributed by atoms with E-state index in [4.69, 9.17) is 9.15 Å². The predicted molar refractivity (Wildman–Crippen MR) is 76.5 cm³/mol. The van der Waals surface area contributed by atoms with Gasteiger partial charge in [0, 0.05) is 25.6 Å². The fourth-order valence-corrected chi connectivity index (χ4v) is 2.65. The van der Waals surface area contributed by atoms with E-state index >= 15 is 0 Å². The molecule has 0 saturated carbocycles. The molecule has 0 bridgehead atoms. The van der Waals surface area contributed by atoms with Crippen molar-refractivity contribution in [3.05, 3.63) is 40.0 Å². The number of rotatable bonds is 5. The van der Waals surface area contributed by atoms with Crippen molar-refractivity contribution in [2.45, 2.75) is 6.42 Å². The molecule has 0 aliphatic carbocycles. The highest BCUT2D eigenvalue weighted by Gasteiger charge is 2.31. The molecular formula is C14H17N3O4. The van der Waals surface area contributed by atoms with Crippen LogP contribution in [0.25, 0.3) is 6.08 Å². The number of ether oxygens (including phenoxy) is 1. The number of nitrogens with zero attached hydrogens (tertiary/aromatic N) is 3. The number of aliphatic imine (C=N–C) groups is 1. The minimum Gasteiger partial charge on any atom is -0.465 e. The monoisotopic (exact) mass is 291 g/mol. The van der Waals surface area contributed by atoms with Gasteiger partial charge in [-0.05, 0) is 18.6 Å². The number of hydrogen-bond donors (Lipinski definition) is 0. The average Bonchev–Trinajstić information content (AvgIpc) is 3.19. The second-order valence-corrected chi connectivity index (χ2v) is 5.18. The lowest BCUT2D eigenvalue weighted by atomic mass is 10.1. The maximum absolute atomic E-state index is 11.4. The number of nitro groups is 1. The summed E-state index contributed by atoms with van der Waals surface area (Å²) in [5.74, 6) is 1.33. The summed E-state index contributed by atoms with van der Waals surface area (Å²) in [5.41, 5.74) is -0.0126. The largest absolute Gasteiger partial charge is 0.465 e. The van der Waals surface area contributed by atoms with E-state index in [0.29, 0.717) is 24.1 Å². The molecular weight excluding hydrogens is 274 g/mol. The third-order valence-electron chi connectivity index (χ3n) is 3.68. The highest BCUT2D eigenvalue weighted by molar-refractivity contribution is 6.00. The molecule has 7 heteroatoms. The van der Waals surface area contributed by atoms with Crippen molar-refractivity contribution in [2.75, 3.05) is 32.8 Å². The maximum atomic E-state index is 11.4. The minimum atomic E-state index is -0.398. The molecule has 3 rings (SSSR count). The van der Waals surface area contributed by atoms with E-state index in [1.54, 1.807) is 12.1 Å². The smallest absolute Gasteiger partial charge is 0.314 e. The molecule has 1 aromatic rings. The Morgan fingerprint density at radius 3 is 3.19 bits per heavy atom. The van der Waals surface area contributed by atoms with Gasteiger partial charge in [-0.1, -0.05) is 0 Å². The van der Waals surface area contributed by atoms with Gasteiger partial charge in [-0.3, -0.25) is 15.1 Å². The lowest BCUT2D eigenvalue weighted by molar-refractivity contribution is -0.414. The van der Waals surface area contributed by atoms with Gasteiger partial charge >= 0.3 is 5.70 Å². The fraction of sp³-hybridized carbons (Fsp3) is 0.500. The molecule has 1 saturated heterocycles. The van der Waals surface area contributed by atoms with Gasteiger partial charge in [0.25, 0.3) is 0 Å². The molecule has 21 heavy (non-hydrogen) atoms. The zero-order valence-electron chi connectivity index (χ0n) is 11.6. The Morgan fingerprint density at radius 2 is 2.52 bits per heavy atom. The van der Waals surface area contributed by atoms with E-state index in [1.165, 1.54) is 12.3 Å². The summed E-state index contributed by atoms with van der Waals surface area (Å²) in [7, 11) is 0. The van der Waals surface area contributed by atoms with Crippen molar-refractivity contribution in [1.29, 1.82) is 0 Å². The van der Waals surface area contributed by atoms with Crippen LogP contribution in [0, 0.1) is 16.0 Å². The van der Waals surface area contributed by atoms with Gasteiger partial charge in [-0.2, -0.15) is 0 Å². The van der Waals surface area contributed by atoms with E-state index in [1.807, 2.05) is 4.90 Å². The van der Waals surface area contributed by atoms with Gasteiger partial charge in [-0.25, -0.2) is 0 Å². The molecule has 0 spiro atoms. The second-order valence-electron chi connectivity index (χ2n) is 5.18. The Morgan fingerprint density at radius 1 is 1.62 bits per heavy atom. The Kier molecular flexibility index (Phi) is 4.01. The molecule has 112 valence electrons. The molecule has 1 aromatic heterocycles. The van der Waals surface area contributed by atoms with Gasteiger partial charge in [-0.15, -0.1) is 0 Å². The summed E-state index contributed by atoms with van der Waals surface area (Å²) in [5, 5.41) is 11.4. The minimum absolute atomic E-state index is 0.0126. The first kappa shape index (κ1) is 13.8. The lowest BCUT2D eigenvalue weighted by Crippen LogP contribution is -2.35. The molecule has 1 unspecified atom stereocenters. The molecule has 0 aromatic carbocycles. The van der Waals surface area contributed by atoms with Crippen LogP contribution in [0.1, 0.15) is 12.2 Å². The number of amidine groups is 1. The van der Waals surface area contributed by atoms with Crippen LogP contribution in [0.2, 0.25) is 0 Å². The van der Waals surface area contributed by atoms with Gasteiger partial charge < -0.3 is 14.1 Å². The van der Waals surface area contributed by atoms with E-state index < -0.39 is 4.92 Å². The van der Waals surface area contributed by atoms with Crippen molar-refractivity contribution in [3.8, 4) is 0 Å². The van der Waals surface area contributed by atoms with Crippen LogP contribution in [-0.4, -0.2) is 48.5 Å². The van der Waals surface area contributed by atoms with Crippen molar-refractivity contribution in [3.63, 3.8) is 0 Å². The first-order chi connectivity index (χ1) is 10.2. The van der Waals surface area contributed by atoms with Crippen LogP contribution in [0.5, 0.6) is 0 Å². The van der Waals surface area contributed by atoms with Crippen molar-refractivity contribution in [1.82, 2.24) is 4.90 Å². The second kappa shape index (κ2) is 6.09. The van der Waals surface area contributed by atoms with Crippen LogP contribution in [0.3, 0.4) is 0 Å². The molecule has 2 aliphatic rings. The average molecular weight is 291 g/mol. The summed E-state index contributed by atoms with van der Waals surface area (Å²) in [6.07, 6.45) is 3.93. The Balaban J connectivity index is 1.79. The maximum Gasteiger partial charge on any atom is 0.314 e. The number of furan rings is 1. The standard InChI is InChI=1S/C14H17N3O4/c18-17(19)13(8-12-2-1-6-21-12)14-15-4-5-16(14)9-11-3-7-20-10-11/h1-2,6,8,11H,3-5,7,9-10H2/b13-8-. The van der Waals surface area contributed by atoms with Gasteiger partial charge in [0.15, 0.2) is 0 Å². The molecule has 2 aliphatic heterocycles. The van der Waals surface area contributed by atoms with E-state index in [9.17, 15) is 10.1 Å². The highest BCUT2D eigenvalue weighted by Crippen LogP contribution is 2.20. The van der Waals surface area contributed by atoms with E-state index in [0.717, 1.165) is 32.7 Å². The molecule has 3 heterocycles. The highest BCUT2D eigenvalue weighted by atomic mass is 16.6. The molecule has 0 N–H and O–H groups in total. The number of hydrogen-bond acceptors (Lipinski definition) is 6. The lowest BCUT2D eigenvalue weighted by Gasteiger charge is -2.21.